The van der Waals surface area contributed by atoms with Crippen molar-refractivity contribution in [2.45, 2.75) is 0 Å². The molecule has 6 heteroatoms. The quantitative estimate of drug-likeness (QED) is 0.836. The lowest BCUT2D eigenvalue weighted by Crippen LogP contribution is -2.33. The number of carbonyl (C=O) groups is 1. The van der Waals surface area contributed by atoms with E-state index in [-0.39, 0.29) is 25.9 Å². The van der Waals surface area contributed by atoms with Crippen molar-refractivity contribution in [1.29, 1.82) is 0 Å². The van der Waals surface area contributed by atoms with Crippen LogP contribution < -0.4 is 9.47 Å². The van der Waals surface area contributed by atoms with Gasteiger partial charge in [0.1, 0.15) is 0 Å². The van der Waals surface area contributed by atoms with E-state index in [2.05, 4.69) is 6.58 Å². The van der Waals surface area contributed by atoms with E-state index < -0.39 is 0 Å². The van der Waals surface area contributed by atoms with Crippen LogP contribution in [0.1, 0.15) is 10.4 Å². The predicted molar refractivity (Wildman–Crippen MR) is 70.8 cm³/mol. The van der Waals surface area contributed by atoms with Crippen molar-refractivity contribution < 1.29 is 19.4 Å². The van der Waals surface area contributed by atoms with Gasteiger partial charge in [-0.15, -0.1) is 6.58 Å². The van der Waals surface area contributed by atoms with Gasteiger partial charge in [0.05, 0.1) is 11.6 Å². The van der Waals surface area contributed by atoms with E-state index in [1.165, 1.54) is 11.0 Å². The zero-order valence-electron chi connectivity index (χ0n) is 10.3. The highest BCUT2D eigenvalue weighted by atomic mass is 35.5. The summed E-state index contributed by atoms with van der Waals surface area (Å²) in [6.45, 7) is 4.16. The van der Waals surface area contributed by atoms with Gasteiger partial charge in [-0.25, -0.2) is 0 Å². The van der Waals surface area contributed by atoms with E-state index in [4.69, 9.17) is 26.2 Å². The van der Waals surface area contributed by atoms with Crippen molar-refractivity contribution in [1.82, 2.24) is 4.90 Å². The molecule has 0 bridgehead atoms. The molecule has 0 fully saturated rings. The molecule has 1 N–H and O–H groups in total. The van der Waals surface area contributed by atoms with E-state index in [0.29, 0.717) is 28.6 Å². The summed E-state index contributed by atoms with van der Waals surface area (Å²) >= 11 is 6.03. The van der Waals surface area contributed by atoms with E-state index in [1.54, 1.807) is 12.1 Å². The van der Waals surface area contributed by atoms with Crippen molar-refractivity contribution in [2.24, 2.45) is 0 Å². The Morgan fingerprint density at radius 2 is 2.32 bits per heavy atom. The highest BCUT2D eigenvalue weighted by Gasteiger charge is 2.22. The summed E-state index contributed by atoms with van der Waals surface area (Å²) in [5.41, 5.74) is 0.393. The number of rotatable bonds is 5. The first kappa shape index (κ1) is 13.7. The van der Waals surface area contributed by atoms with Crippen LogP contribution in [0, 0.1) is 0 Å². The topological polar surface area (TPSA) is 59.0 Å². The summed E-state index contributed by atoms with van der Waals surface area (Å²) in [5, 5.41) is 9.30. The number of fused-ring (bicyclic) bond motifs is 1. The molecule has 2 rings (SSSR count). The SMILES string of the molecule is C=CCN(CCO)C(=O)c1cc(Cl)c2c(c1)OCO2. The molecule has 1 heterocycles. The third kappa shape index (κ3) is 2.83. The molecule has 1 aliphatic heterocycles. The second-order valence-electron chi connectivity index (χ2n) is 3.96. The summed E-state index contributed by atoms with van der Waals surface area (Å²) in [4.78, 5) is 13.8. The smallest absolute Gasteiger partial charge is 0.254 e. The Morgan fingerprint density at radius 1 is 1.53 bits per heavy atom. The van der Waals surface area contributed by atoms with Gasteiger partial charge in [0.2, 0.25) is 6.79 Å². The molecular weight excluding hydrogens is 270 g/mol. The van der Waals surface area contributed by atoms with Gasteiger partial charge in [0.15, 0.2) is 11.5 Å². The first-order valence-electron chi connectivity index (χ1n) is 5.77. The Morgan fingerprint density at radius 3 is 3.00 bits per heavy atom. The molecule has 1 amide bonds. The highest BCUT2D eigenvalue weighted by Crippen LogP contribution is 2.39. The largest absolute Gasteiger partial charge is 0.454 e. The minimum Gasteiger partial charge on any atom is -0.454 e. The Kier molecular flexibility index (Phi) is 4.29. The Bertz CT molecular complexity index is 504. The highest BCUT2D eigenvalue weighted by molar-refractivity contribution is 6.32. The molecule has 0 unspecified atom stereocenters. The lowest BCUT2D eigenvalue weighted by Gasteiger charge is -2.20. The fourth-order valence-electron chi connectivity index (χ4n) is 1.83. The van der Waals surface area contributed by atoms with Gasteiger partial charge in [-0.3, -0.25) is 4.79 Å². The second-order valence-corrected chi connectivity index (χ2v) is 4.36. The number of ether oxygens (including phenoxy) is 2. The van der Waals surface area contributed by atoms with Crippen LogP contribution in [0.4, 0.5) is 0 Å². The molecule has 19 heavy (non-hydrogen) atoms. The fourth-order valence-corrected chi connectivity index (χ4v) is 2.09. The van der Waals surface area contributed by atoms with Crippen LogP contribution in [0.3, 0.4) is 0 Å². The molecule has 0 aliphatic carbocycles. The van der Waals surface area contributed by atoms with Gasteiger partial charge in [-0.1, -0.05) is 17.7 Å². The molecule has 0 saturated carbocycles. The Hall–Kier alpha value is -1.72. The first-order chi connectivity index (χ1) is 9.17. The molecule has 0 aromatic heterocycles. The molecule has 0 saturated heterocycles. The third-order valence-corrected chi connectivity index (χ3v) is 2.96. The van der Waals surface area contributed by atoms with Crippen molar-refractivity contribution in [3.05, 3.63) is 35.4 Å². The van der Waals surface area contributed by atoms with Gasteiger partial charge in [0, 0.05) is 18.7 Å². The van der Waals surface area contributed by atoms with Crippen molar-refractivity contribution in [3.63, 3.8) is 0 Å². The van der Waals surface area contributed by atoms with Crippen LogP contribution in [0.25, 0.3) is 0 Å². The van der Waals surface area contributed by atoms with Crippen LogP contribution in [0.15, 0.2) is 24.8 Å². The zero-order valence-corrected chi connectivity index (χ0v) is 11.0. The maximum atomic E-state index is 12.3. The van der Waals surface area contributed by atoms with Crippen LogP contribution in [-0.4, -0.2) is 42.4 Å². The molecule has 1 aromatic carbocycles. The average molecular weight is 284 g/mol. The van der Waals surface area contributed by atoms with Gasteiger partial charge in [0.25, 0.3) is 5.91 Å². The minimum atomic E-state index is -0.242. The van der Waals surface area contributed by atoms with Crippen LogP contribution in [0.5, 0.6) is 11.5 Å². The van der Waals surface area contributed by atoms with Crippen LogP contribution in [0.2, 0.25) is 5.02 Å². The number of aliphatic hydroxyl groups is 1. The monoisotopic (exact) mass is 283 g/mol. The summed E-state index contributed by atoms with van der Waals surface area (Å²) in [6, 6.07) is 3.12. The summed E-state index contributed by atoms with van der Waals surface area (Å²) in [6.07, 6.45) is 1.60. The first-order valence-corrected chi connectivity index (χ1v) is 6.15. The van der Waals surface area contributed by atoms with Crippen LogP contribution in [-0.2, 0) is 0 Å². The van der Waals surface area contributed by atoms with Crippen molar-refractivity contribution in [3.8, 4) is 11.5 Å². The lowest BCUT2D eigenvalue weighted by molar-refractivity contribution is 0.0742. The minimum absolute atomic E-state index is 0.0969. The maximum Gasteiger partial charge on any atom is 0.254 e. The zero-order chi connectivity index (χ0) is 13.8. The fraction of sp³-hybridized carbons (Fsp3) is 0.308. The van der Waals surface area contributed by atoms with Gasteiger partial charge < -0.3 is 19.5 Å². The Balaban J connectivity index is 2.27. The number of benzene rings is 1. The van der Waals surface area contributed by atoms with Crippen molar-refractivity contribution >= 4 is 17.5 Å². The number of hydrogen-bond acceptors (Lipinski definition) is 4. The summed E-state index contributed by atoms with van der Waals surface area (Å²) in [5.74, 6) is 0.670. The van der Waals surface area contributed by atoms with Gasteiger partial charge in [-0.2, -0.15) is 0 Å². The molecule has 0 atom stereocenters. The number of amides is 1. The number of carbonyl (C=O) groups excluding carboxylic acids is 1. The molecular formula is C13H14ClNO4. The molecule has 0 radical (unpaired) electrons. The van der Waals surface area contributed by atoms with E-state index in [0.717, 1.165) is 0 Å². The van der Waals surface area contributed by atoms with E-state index in [1.807, 2.05) is 0 Å². The summed E-state index contributed by atoms with van der Waals surface area (Å²) in [7, 11) is 0. The number of nitrogens with zero attached hydrogens (tertiary/aromatic N) is 1. The predicted octanol–water partition coefficient (Wildman–Crippen LogP) is 1.69. The average Bonchev–Trinajstić information content (AvgIpc) is 2.86. The van der Waals surface area contributed by atoms with E-state index >= 15 is 0 Å². The molecule has 5 nitrogen and oxygen atoms in total. The summed E-state index contributed by atoms with van der Waals surface area (Å²) < 4.78 is 10.4. The second kappa shape index (κ2) is 5.95. The maximum absolute atomic E-state index is 12.3. The third-order valence-electron chi connectivity index (χ3n) is 2.68. The van der Waals surface area contributed by atoms with Gasteiger partial charge >= 0.3 is 0 Å². The van der Waals surface area contributed by atoms with Gasteiger partial charge in [-0.05, 0) is 12.1 Å². The molecule has 102 valence electrons. The Labute approximate surface area is 116 Å². The lowest BCUT2D eigenvalue weighted by atomic mass is 10.1. The number of hydrogen-bond donors (Lipinski definition) is 1. The van der Waals surface area contributed by atoms with Crippen molar-refractivity contribution in [2.75, 3.05) is 26.5 Å². The molecule has 0 spiro atoms. The standard InChI is InChI=1S/C13H14ClNO4/c1-2-3-15(4-5-16)13(17)9-6-10(14)12-11(7-9)18-8-19-12/h2,6-7,16H,1,3-5,8H2. The number of halogens is 1. The normalized spacial score (nSPS) is 12.3. The molecule has 1 aromatic rings. The van der Waals surface area contributed by atoms with Crippen LogP contribution >= 0.6 is 11.6 Å². The van der Waals surface area contributed by atoms with E-state index in [9.17, 15) is 4.79 Å². The number of aliphatic hydroxyl groups excluding tert-OH is 1. The molecule has 1 aliphatic rings.